The average Bonchev–Trinajstić information content (AvgIpc) is 3.56. The topological polar surface area (TPSA) is 52.9 Å². The van der Waals surface area contributed by atoms with Crippen molar-refractivity contribution >= 4 is 5.91 Å². The number of halogens is 1. The van der Waals surface area contributed by atoms with Crippen molar-refractivity contribution in [3.05, 3.63) is 77.4 Å². The van der Waals surface area contributed by atoms with Crippen molar-refractivity contribution in [1.82, 2.24) is 9.47 Å². The van der Waals surface area contributed by atoms with E-state index in [1.165, 1.54) is 12.1 Å². The summed E-state index contributed by atoms with van der Waals surface area (Å²) in [5, 5.41) is 0. The van der Waals surface area contributed by atoms with Crippen LogP contribution in [-0.2, 0) is 10.3 Å². The van der Waals surface area contributed by atoms with Crippen LogP contribution >= 0.6 is 0 Å². The van der Waals surface area contributed by atoms with E-state index in [1.807, 2.05) is 42.3 Å². The van der Waals surface area contributed by atoms with E-state index in [4.69, 9.17) is 14.2 Å². The number of hydrogen-bond acceptors (Lipinski definition) is 4. The molecule has 0 bridgehead atoms. The number of carbonyl (C=O) groups is 1. The Balaban J connectivity index is 1.15. The highest BCUT2D eigenvalue weighted by atomic mass is 19.1. The number of amides is 1. The molecular weight excluding hydrogens is 447 g/mol. The molecule has 3 aliphatic rings. The van der Waals surface area contributed by atoms with Gasteiger partial charge in [0.2, 0.25) is 0 Å². The molecule has 0 saturated carbocycles. The van der Waals surface area contributed by atoms with Gasteiger partial charge in [0, 0.05) is 50.4 Å². The zero-order chi connectivity index (χ0) is 24.0. The van der Waals surface area contributed by atoms with Gasteiger partial charge in [-0.25, -0.2) is 4.39 Å². The molecule has 1 aromatic heterocycles. The first-order valence-corrected chi connectivity index (χ1v) is 12.3. The van der Waals surface area contributed by atoms with E-state index >= 15 is 0 Å². The van der Waals surface area contributed by atoms with Crippen molar-refractivity contribution in [2.75, 3.05) is 26.3 Å². The lowest BCUT2D eigenvalue weighted by Gasteiger charge is -2.45. The lowest BCUT2D eigenvalue weighted by atomic mass is 9.86. The summed E-state index contributed by atoms with van der Waals surface area (Å²) in [7, 11) is 0. The van der Waals surface area contributed by atoms with Crippen molar-refractivity contribution in [2.24, 2.45) is 0 Å². The molecule has 2 aromatic carbocycles. The zero-order valence-electron chi connectivity index (χ0n) is 19.8. The third-order valence-corrected chi connectivity index (χ3v) is 7.43. The Morgan fingerprint density at radius 1 is 1.17 bits per heavy atom. The Hall–Kier alpha value is -3.32. The molecule has 35 heavy (non-hydrogen) atoms. The maximum Gasteiger partial charge on any atom is 0.253 e. The fraction of sp³-hybridized carbons (Fsp3) is 0.393. The van der Waals surface area contributed by atoms with E-state index in [2.05, 4.69) is 10.6 Å². The summed E-state index contributed by atoms with van der Waals surface area (Å²) in [5.41, 5.74) is 2.91. The van der Waals surface area contributed by atoms with Gasteiger partial charge in [-0.15, -0.1) is 0 Å². The Morgan fingerprint density at radius 3 is 2.80 bits per heavy atom. The van der Waals surface area contributed by atoms with Crippen LogP contribution in [0.5, 0.6) is 11.5 Å². The van der Waals surface area contributed by atoms with Crippen molar-refractivity contribution < 1.29 is 23.4 Å². The molecule has 1 spiro atoms. The van der Waals surface area contributed by atoms with Crippen molar-refractivity contribution in [1.29, 1.82) is 0 Å². The molecule has 3 aromatic rings. The predicted octanol–water partition coefficient (Wildman–Crippen LogP) is 5.01. The fourth-order valence-corrected chi connectivity index (χ4v) is 5.51. The number of likely N-dealkylation sites (tertiary alicyclic amines) is 1. The fourth-order valence-electron chi connectivity index (χ4n) is 5.51. The molecule has 2 saturated heterocycles. The van der Waals surface area contributed by atoms with Crippen molar-refractivity contribution in [3.8, 4) is 17.2 Å². The Labute approximate surface area is 204 Å². The van der Waals surface area contributed by atoms with Crippen LogP contribution in [0.3, 0.4) is 0 Å². The summed E-state index contributed by atoms with van der Waals surface area (Å²) in [4.78, 5) is 15.2. The zero-order valence-corrected chi connectivity index (χ0v) is 19.8. The largest absolute Gasteiger partial charge is 0.491 e. The van der Waals surface area contributed by atoms with Gasteiger partial charge in [0.1, 0.15) is 23.9 Å². The molecule has 6 nitrogen and oxygen atoms in total. The van der Waals surface area contributed by atoms with Crippen molar-refractivity contribution in [2.45, 2.75) is 44.3 Å². The van der Waals surface area contributed by atoms with Gasteiger partial charge in [0.15, 0.2) is 5.60 Å². The van der Waals surface area contributed by atoms with E-state index in [0.717, 1.165) is 42.1 Å². The quantitative estimate of drug-likeness (QED) is 0.532. The van der Waals surface area contributed by atoms with Gasteiger partial charge in [-0.1, -0.05) is 0 Å². The minimum Gasteiger partial charge on any atom is -0.491 e. The SMILES string of the molecule is Cc1cc(C(=O)N2CCC3(CC2)Oc2cc(F)ccc2-n2cccc23)ccc1OCC1CCCO1. The van der Waals surface area contributed by atoms with Crippen LogP contribution in [0.1, 0.15) is 47.3 Å². The second kappa shape index (κ2) is 8.72. The number of fused-ring (bicyclic) bond motifs is 4. The van der Waals surface area contributed by atoms with E-state index in [1.54, 1.807) is 6.07 Å². The minimum absolute atomic E-state index is 0.00580. The first-order valence-electron chi connectivity index (χ1n) is 12.3. The van der Waals surface area contributed by atoms with Gasteiger partial charge in [-0.05, 0) is 67.8 Å². The Kier molecular flexibility index (Phi) is 5.52. The first-order chi connectivity index (χ1) is 17.0. The number of aryl methyl sites for hydroxylation is 1. The molecule has 4 heterocycles. The van der Waals surface area contributed by atoms with Crippen LogP contribution in [0, 0.1) is 12.7 Å². The summed E-state index contributed by atoms with van der Waals surface area (Å²) >= 11 is 0. The number of nitrogens with zero attached hydrogens (tertiary/aromatic N) is 2. The summed E-state index contributed by atoms with van der Waals surface area (Å²) in [6, 6.07) is 14.3. The van der Waals surface area contributed by atoms with E-state index in [0.29, 0.717) is 43.9 Å². The average molecular weight is 477 g/mol. The molecule has 1 atom stereocenters. The number of rotatable bonds is 4. The molecule has 182 valence electrons. The van der Waals surface area contributed by atoms with E-state index in [-0.39, 0.29) is 17.8 Å². The predicted molar refractivity (Wildman–Crippen MR) is 129 cm³/mol. The highest BCUT2D eigenvalue weighted by Gasteiger charge is 2.44. The van der Waals surface area contributed by atoms with Gasteiger partial charge < -0.3 is 23.7 Å². The molecular formula is C28H29FN2O4. The number of benzene rings is 2. The number of piperidine rings is 1. The number of aromatic nitrogens is 1. The third kappa shape index (κ3) is 3.97. The number of carbonyl (C=O) groups excluding carboxylic acids is 1. The molecule has 1 amide bonds. The van der Waals surface area contributed by atoms with Crippen LogP contribution in [0.2, 0.25) is 0 Å². The van der Waals surface area contributed by atoms with Crippen LogP contribution in [0.25, 0.3) is 5.69 Å². The van der Waals surface area contributed by atoms with Gasteiger partial charge >= 0.3 is 0 Å². The highest BCUT2D eigenvalue weighted by Crippen LogP contribution is 2.45. The smallest absolute Gasteiger partial charge is 0.253 e. The lowest BCUT2D eigenvalue weighted by molar-refractivity contribution is -0.00951. The molecule has 3 aliphatic heterocycles. The summed E-state index contributed by atoms with van der Waals surface area (Å²) in [5.74, 6) is 1.02. The molecule has 2 fully saturated rings. The highest BCUT2D eigenvalue weighted by molar-refractivity contribution is 5.94. The second-order valence-corrected chi connectivity index (χ2v) is 9.69. The molecule has 6 rings (SSSR count). The van der Waals surface area contributed by atoms with Crippen LogP contribution < -0.4 is 9.47 Å². The molecule has 0 N–H and O–H groups in total. The number of hydrogen-bond donors (Lipinski definition) is 0. The standard InChI is InChI=1S/C28H29FN2O4/c1-19-16-20(6-9-24(19)34-18-22-4-3-15-33-22)27(32)30-13-10-28(11-14-30)26-5-2-12-31(26)23-8-7-21(29)17-25(23)35-28/h2,5-9,12,16-17,22H,3-4,10-11,13-15,18H2,1H3. The van der Waals surface area contributed by atoms with Crippen LogP contribution in [0.15, 0.2) is 54.7 Å². The summed E-state index contributed by atoms with van der Waals surface area (Å²) in [6.07, 6.45) is 5.53. The second-order valence-electron chi connectivity index (χ2n) is 9.69. The Bertz CT molecular complexity index is 1260. The van der Waals surface area contributed by atoms with Crippen LogP contribution in [0.4, 0.5) is 4.39 Å². The van der Waals surface area contributed by atoms with E-state index in [9.17, 15) is 9.18 Å². The monoisotopic (exact) mass is 476 g/mol. The first kappa shape index (κ1) is 22.2. The minimum atomic E-state index is -0.572. The maximum atomic E-state index is 13.9. The Morgan fingerprint density at radius 2 is 2.03 bits per heavy atom. The molecule has 7 heteroatoms. The van der Waals surface area contributed by atoms with Gasteiger partial charge in [-0.2, -0.15) is 0 Å². The third-order valence-electron chi connectivity index (χ3n) is 7.43. The van der Waals surface area contributed by atoms with Crippen LogP contribution in [-0.4, -0.2) is 47.8 Å². The normalized spacial score (nSPS) is 20.3. The summed E-state index contributed by atoms with van der Waals surface area (Å²) < 4.78 is 34.0. The summed E-state index contributed by atoms with van der Waals surface area (Å²) in [6.45, 7) is 4.43. The van der Waals surface area contributed by atoms with Gasteiger partial charge in [0.05, 0.1) is 17.5 Å². The molecule has 1 unspecified atom stereocenters. The molecule has 0 radical (unpaired) electrons. The lowest BCUT2D eigenvalue weighted by Crippen LogP contribution is -2.50. The number of ether oxygens (including phenoxy) is 3. The van der Waals surface area contributed by atoms with E-state index < -0.39 is 5.60 Å². The maximum absolute atomic E-state index is 13.9. The van der Waals surface area contributed by atoms with Gasteiger partial charge in [0.25, 0.3) is 5.91 Å². The molecule has 0 aliphatic carbocycles. The van der Waals surface area contributed by atoms with Crippen molar-refractivity contribution in [3.63, 3.8) is 0 Å². The van der Waals surface area contributed by atoms with Gasteiger partial charge in [-0.3, -0.25) is 4.79 Å².